The van der Waals surface area contributed by atoms with Crippen LogP contribution in [0.1, 0.15) is 38.5 Å². The van der Waals surface area contributed by atoms with Crippen LogP contribution in [0.15, 0.2) is 18.3 Å². The zero-order valence-corrected chi connectivity index (χ0v) is 13.2. The van der Waals surface area contributed by atoms with Crippen molar-refractivity contribution in [2.24, 2.45) is 17.8 Å². The lowest BCUT2D eigenvalue weighted by Crippen LogP contribution is -2.52. The van der Waals surface area contributed by atoms with E-state index >= 15 is 0 Å². The van der Waals surface area contributed by atoms with Crippen LogP contribution in [-0.4, -0.2) is 28.7 Å². The van der Waals surface area contributed by atoms with Crippen molar-refractivity contribution in [1.82, 2.24) is 4.98 Å². The zero-order chi connectivity index (χ0) is 15.9. The first kappa shape index (κ1) is 14.9. The fraction of sp³-hybridized carbons (Fsp3) is 0.706. The quantitative estimate of drug-likeness (QED) is 0.494. The Morgan fingerprint density at radius 3 is 2.39 bits per heavy atom. The first-order valence-corrected chi connectivity index (χ1v) is 8.60. The monoisotopic (exact) mass is 317 g/mol. The van der Waals surface area contributed by atoms with Crippen LogP contribution in [0, 0.1) is 27.9 Å². The van der Waals surface area contributed by atoms with E-state index in [2.05, 4.69) is 10.3 Å². The van der Waals surface area contributed by atoms with Crippen molar-refractivity contribution in [2.45, 2.75) is 44.1 Å². The maximum absolute atomic E-state index is 10.6. The summed E-state index contributed by atoms with van der Waals surface area (Å²) in [5.41, 5.74) is 0.152. The fourth-order valence-corrected chi connectivity index (χ4v) is 5.25. The van der Waals surface area contributed by atoms with Gasteiger partial charge in [0.15, 0.2) is 0 Å². The lowest BCUT2D eigenvalue weighted by Gasteiger charge is -2.56. The minimum atomic E-state index is -0.438. The standard InChI is InChI=1S/C17H23N3O3/c21-20(22)15-1-2-16(19-11-15)18-3-4-23-17-8-12-5-13(9-17)7-14(6-12)10-17/h1-2,11-14H,3-10H2,(H,18,19). The largest absolute Gasteiger partial charge is 0.373 e. The summed E-state index contributed by atoms with van der Waals surface area (Å²) in [5, 5.41) is 13.8. The van der Waals surface area contributed by atoms with E-state index in [1.54, 1.807) is 6.07 Å². The van der Waals surface area contributed by atoms with Gasteiger partial charge in [0.25, 0.3) is 5.69 Å². The topological polar surface area (TPSA) is 77.3 Å². The second-order valence-corrected chi connectivity index (χ2v) is 7.53. The van der Waals surface area contributed by atoms with E-state index in [0.29, 0.717) is 19.0 Å². The smallest absolute Gasteiger partial charge is 0.287 e. The van der Waals surface area contributed by atoms with Crippen LogP contribution < -0.4 is 5.32 Å². The van der Waals surface area contributed by atoms with Gasteiger partial charge >= 0.3 is 0 Å². The predicted octanol–water partition coefficient (Wildman–Crippen LogP) is 3.39. The summed E-state index contributed by atoms with van der Waals surface area (Å²) >= 11 is 0. The molecule has 4 aliphatic rings. The molecule has 0 aliphatic heterocycles. The number of nitrogens with zero attached hydrogens (tertiary/aromatic N) is 2. The Morgan fingerprint density at radius 2 is 1.87 bits per heavy atom. The van der Waals surface area contributed by atoms with Crippen LogP contribution >= 0.6 is 0 Å². The van der Waals surface area contributed by atoms with Crippen molar-refractivity contribution in [2.75, 3.05) is 18.5 Å². The van der Waals surface area contributed by atoms with Gasteiger partial charge in [-0.1, -0.05) is 0 Å². The van der Waals surface area contributed by atoms with E-state index in [1.807, 2.05) is 0 Å². The van der Waals surface area contributed by atoms with E-state index in [1.165, 1.54) is 50.8 Å². The molecular formula is C17H23N3O3. The Morgan fingerprint density at radius 1 is 1.22 bits per heavy atom. The number of pyridine rings is 1. The lowest BCUT2D eigenvalue weighted by molar-refractivity contribution is -0.385. The van der Waals surface area contributed by atoms with E-state index in [9.17, 15) is 10.1 Å². The Labute approximate surface area is 135 Å². The molecular weight excluding hydrogens is 294 g/mol. The first-order valence-electron chi connectivity index (χ1n) is 8.60. The Kier molecular flexibility index (Phi) is 3.71. The number of hydrogen-bond donors (Lipinski definition) is 1. The summed E-state index contributed by atoms with van der Waals surface area (Å²) in [6.07, 6.45) is 9.29. The summed E-state index contributed by atoms with van der Waals surface area (Å²) in [5.74, 6) is 3.34. The molecule has 23 heavy (non-hydrogen) atoms. The van der Waals surface area contributed by atoms with Crippen molar-refractivity contribution >= 4 is 11.5 Å². The molecule has 4 fully saturated rings. The Bertz CT molecular complexity index is 552. The van der Waals surface area contributed by atoms with Gasteiger partial charge in [0, 0.05) is 12.6 Å². The van der Waals surface area contributed by atoms with Crippen LogP contribution in [-0.2, 0) is 4.74 Å². The highest BCUT2D eigenvalue weighted by molar-refractivity contribution is 5.39. The molecule has 4 saturated carbocycles. The maximum Gasteiger partial charge on any atom is 0.287 e. The summed E-state index contributed by atoms with van der Waals surface area (Å²) in [7, 11) is 0. The zero-order valence-electron chi connectivity index (χ0n) is 13.2. The SMILES string of the molecule is O=[N+]([O-])c1ccc(NCCOC23CC4CC(CC(C4)C2)C3)nc1. The molecule has 1 aromatic rings. The van der Waals surface area contributed by atoms with Crippen molar-refractivity contribution in [1.29, 1.82) is 0 Å². The normalized spacial score (nSPS) is 34.5. The van der Waals surface area contributed by atoms with Gasteiger partial charge in [-0.15, -0.1) is 0 Å². The third-order valence-corrected chi connectivity index (χ3v) is 5.76. The number of aromatic nitrogens is 1. The van der Waals surface area contributed by atoms with Gasteiger partial charge in [-0.25, -0.2) is 4.98 Å². The molecule has 0 spiro atoms. The van der Waals surface area contributed by atoms with Gasteiger partial charge in [0.05, 0.1) is 17.1 Å². The van der Waals surface area contributed by atoms with Gasteiger partial charge in [0.1, 0.15) is 12.0 Å². The van der Waals surface area contributed by atoms with Crippen LogP contribution in [0.2, 0.25) is 0 Å². The number of nitrogens with one attached hydrogen (secondary N) is 1. The van der Waals surface area contributed by atoms with E-state index in [0.717, 1.165) is 17.8 Å². The highest BCUT2D eigenvalue weighted by Gasteiger charge is 2.51. The van der Waals surface area contributed by atoms with E-state index in [-0.39, 0.29) is 11.3 Å². The second-order valence-electron chi connectivity index (χ2n) is 7.53. The highest BCUT2D eigenvalue weighted by atomic mass is 16.6. The van der Waals surface area contributed by atoms with Crippen LogP contribution in [0.5, 0.6) is 0 Å². The molecule has 124 valence electrons. The van der Waals surface area contributed by atoms with Gasteiger partial charge in [0.2, 0.25) is 0 Å². The molecule has 4 aliphatic carbocycles. The van der Waals surface area contributed by atoms with Crippen LogP contribution in [0.25, 0.3) is 0 Å². The maximum atomic E-state index is 10.6. The Balaban J connectivity index is 1.27. The van der Waals surface area contributed by atoms with Crippen molar-refractivity contribution in [3.8, 4) is 0 Å². The minimum Gasteiger partial charge on any atom is -0.373 e. The average molecular weight is 317 g/mol. The number of hydrogen-bond acceptors (Lipinski definition) is 5. The molecule has 1 N–H and O–H groups in total. The molecule has 0 unspecified atom stereocenters. The van der Waals surface area contributed by atoms with Crippen LogP contribution in [0.3, 0.4) is 0 Å². The third-order valence-electron chi connectivity index (χ3n) is 5.76. The number of rotatable bonds is 6. The molecule has 6 heteroatoms. The van der Waals surface area contributed by atoms with Crippen molar-refractivity contribution < 1.29 is 9.66 Å². The van der Waals surface area contributed by atoms with Gasteiger partial charge in [-0.05, 0) is 62.3 Å². The second kappa shape index (κ2) is 5.74. The van der Waals surface area contributed by atoms with Crippen molar-refractivity contribution in [3.05, 3.63) is 28.4 Å². The molecule has 1 aromatic heterocycles. The van der Waals surface area contributed by atoms with Crippen LogP contribution in [0.4, 0.5) is 11.5 Å². The fourth-order valence-electron chi connectivity index (χ4n) is 5.25. The minimum absolute atomic E-state index is 0.0142. The molecule has 0 amide bonds. The summed E-state index contributed by atoms with van der Waals surface area (Å²) in [6, 6.07) is 3.11. The molecule has 0 aromatic carbocycles. The summed E-state index contributed by atoms with van der Waals surface area (Å²) < 4.78 is 6.33. The van der Waals surface area contributed by atoms with Gasteiger partial charge in [-0.3, -0.25) is 10.1 Å². The molecule has 6 nitrogen and oxygen atoms in total. The average Bonchev–Trinajstić information content (AvgIpc) is 2.51. The molecule has 4 bridgehead atoms. The first-order chi connectivity index (χ1) is 11.1. The lowest BCUT2D eigenvalue weighted by atomic mass is 9.54. The molecule has 0 atom stereocenters. The Hall–Kier alpha value is -1.69. The predicted molar refractivity (Wildman–Crippen MR) is 86.2 cm³/mol. The van der Waals surface area contributed by atoms with E-state index < -0.39 is 4.92 Å². The summed E-state index contributed by atoms with van der Waals surface area (Å²) in [4.78, 5) is 14.2. The van der Waals surface area contributed by atoms with Crippen molar-refractivity contribution in [3.63, 3.8) is 0 Å². The van der Waals surface area contributed by atoms with E-state index in [4.69, 9.17) is 4.74 Å². The number of nitro groups is 1. The molecule has 1 heterocycles. The highest BCUT2D eigenvalue weighted by Crippen LogP contribution is 2.57. The van der Waals surface area contributed by atoms with Gasteiger partial charge in [-0.2, -0.15) is 0 Å². The number of ether oxygens (including phenoxy) is 1. The third kappa shape index (κ3) is 3.04. The van der Waals surface area contributed by atoms with Gasteiger partial charge < -0.3 is 10.1 Å². The summed E-state index contributed by atoms with van der Waals surface area (Å²) in [6.45, 7) is 1.36. The molecule has 0 saturated heterocycles. The number of anilines is 1. The molecule has 0 radical (unpaired) electrons. The molecule has 5 rings (SSSR count).